The molecule has 1 aromatic carbocycles. The van der Waals surface area contributed by atoms with Gasteiger partial charge in [-0.2, -0.15) is 0 Å². The lowest BCUT2D eigenvalue weighted by Crippen LogP contribution is -2.84. The summed E-state index contributed by atoms with van der Waals surface area (Å²) in [5.74, 6) is -0.887. The maximum atomic E-state index is 18.3. The number of likely N-dealkylation sites (tertiary alicyclic amines) is 1. The Morgan fingerprint density at radius 1 is 0.975 bits per heavy atom. The number of hydrogen-bond donors (Lipinski definition) is 1. The number of carbonyl (C=O) groups is 1. The SMILES string of the molecule is BC(B)(B)c1ccc(C(B)(B)NC(B)(B)C2(F)C(B)(B)CN(C(=O)c3ccc(F)c(Cl)c3)C(B)(B)C2(B)B)nc1. The standard InChI is InChI=1S/C20H35B13ClF2N3O/c21-14(22)7-39(13(40)8-1-3-11(35)10(34)5-8)20(32,33)18(28,29)17(14,36)19(30,31)38-16(26,27)12-4-2-9(6-37-12)15(23,24)25/h1-6,38H,7,21-33H2. The summed E-state index contributed by atoms with van der Waals surface area (Å²) in [5.41, 5.74) is 0.446. The molecule has 1 aliphatic rings. The summed E-state index contributed by atoms with van der Waals surface area (Å²) >= 11 is 6.01. The Bertz CT molecular complexity index is 1310. The molecular formula is C20H35B13ClF2N3O. The molecule has 0 aliphatic carbocycles. The largest absolute Gasteiger partial charge is 0.350 e. The molecule has 1 atom stereocenters. The third-order valence-electron chi connectivity index (χ3n) is 9.72. The van der Waals surface area contributed by atoms with Gasteiger partial charge in [-0.3, -0.25) is 9.78 Å². The zero-order chi connectivity index (χ0) is 30.9. The minimum atomic E-state index is -1.80. The van der Waals surface area contributed by atoms with E-state index >= 15 is 4.39 Å². The van der Waals surface area contributed by atoms with Gasteiger partial charge >= 0.3 is 0 Å². The molecule has 1 fully saturated rings. The number of rotatable bonds is 6. The highest BCUT2D eigenvalue weighted by molar-refractivity contribution is 6.60. The highest BCUT2D eigenvalue weighted by Gasteiger charge is 2.71. The Kier molecular flexibility index (Phi) is 8.50. The molecule has 1 saturated heterocycles. The van der Waals surface area contributed by atoms with Crippen molar-refractivity contribution in [3.8, 4) is 0 Å². The molecule has 3 rings (SSSR count). The fourth-order valence-electron chi connectivity index (χ4n) is 7.18. The summed E-state index contributed by atoms with van der Waals surface area (Å²) in [6, 6.07) is 8.08. The van der Waals surface area contributed by atoms with E-state index in [4.69, 9.17) is 16.6 Å². The van der Waals surface area contributed by atoms with E-state index < -0.39 is 37.9 Å². The zero-order valence-electron chi connectivity index (χ0n) is 26.6. The van der Waals surface area contributed by atoms with Gasteiger partial charge in [-0.25, -0.2) is 8.78 Å². The molecule has 0 saturated carbocycles. The average molecular weight is 548 g/mol. The second-order valence-electron chi connectivity index (χ2n) is 15.3. The molecule has 40 heavy (non-hydrogen) atoms. The van der Waals surface area contributed by atoms with E-state index in [1.54, 1.807) is 4.90 Å². The second-order valence-corrected chi connectivity index (χ2v) is 15.7. The van der Waals surface area contributed by atoms with Crippen LogP contribution in [0.5, 0.6) is 0 Å². The molecule has 0 radical (unpaired) electrons. The van der Waals surface area contributed by atoms with E-state index in [0.717, 1.165) is 11.3 Å². The van der Waals surface area contributed by atoms with E-state index in [9.17, 15) is 9.18 Å². The van der Waals surface area contributed by atoms with Crippen molar-refractivity contribution >= 4 is 120 Å². The van der Waals surface area contributed by atoms with Crippen LogP contribution in [0.25, 0.3) is 0 Å². The predicted molar refractivity (Wildman–Crippen MR) is 199 cm³/mol. The number of carbonyl (C=O) groups excluding carboxylic acids is 1. The van der Waals surface area contributed by atoms with E-state index in [1.165, 1.54) is 18.2 Å². The van der Waals surface area contributed by atoms with Crippen molar-refractivity contribution in [2.75, 3.05) is 6.54 Å². The highest BCUT2D eigenvalue weighted by atomic mass is 35.5. The summed E-state index contributed by atoms with van der Waals surface area (Å²) in [6.07, 6.45) is 1.90. The lowest BCUT2D eigenvalue weighted by Gasteiger charge is -2.72. The number of nitrogens with one attached hydrogen (secondary N) is 1. The summed E-state index contributed by atoms with van der Waals surface area (Å²) in [6.45, 7) is 0.165. The number of aromatic nitrogens is 1. The molecule has 4 nitrogen and oxygen atoms in total. The van der Waals surface area contributed by atoms with Gasteiger partial charge in [0.15, 0.2) is 0 Å². The number of alkyl halides is 1. The first-order chi connectivity index (χ1) is 17.8. The van der Waals surface area contributed by atoms with Crippen molar-refractivity contribution in [2.45, 2.75) is 37.2 Å². The smallest absolute Gasteiger partial charge is 0.252 e. The second kappa shape index (κ2) is 10.2. The van der Waals surface area contributed by atoms with Crippen LogP contribution in [0.2, 0.25) is 15.5 Å². The summed E-state index contributed by atoms with van der Waals surface area (Å²) < 4.78 is 32.2. The maximum Gasteiger partial charge on any atom is 0.252 e. The fourth-order valence-corrected chi connectivity index (χ4v) is 7.36. The van der Waals surface area contributed by atoms with Crippen molar-refractivity contribution in [1.82, 2.24) is 15.2 Å². The van der Waals surface area contributed by atoms with Gasteiger partial charge < -0.3 is 10.2 Å². The Hall–Kier alpha value is -1.21. The lowest BCUT2D eigenvalue weighted by molar-refractivity contribution is -0.0148. The minimum Gasteiger partial charge on any atom is -0.350 e. The van der Waals surface area contributed by atoms with Gasteiger partial charge in [-0.1, -0.05) is 22.8 Å². The van der Waals surface area contributed by atoms with Gasteiger partial charge in [0.2, 0.25) is 0 Å². The molecule has 0 spiro atoms. The molecule has 2 heterocycles. The number of nitrogens with zero attached hydrogens (tertiary/aromatic N) is 2. The van der Waals surface area contributed by atoms with Gasteiger partial charge in [0.05, 0.1) is 34.2 Å². The Morgan fingerprint density at radius 3 is 2.02 bits per heavy atom. The predicted octanol–water partition coefficient (Wildman–Crippen LogP) is -9.68. The van der Waals surface area contributed by atoms with Crippen LogP contribution in [0.15, 0.2) is 36.5 Å². The maximum absolute atomic E-state index is 18.3. The average Bonchev–Trinajstić information content (AvgIpc) is 2.81. The Morgan fingerprint density at radius 2 is 1.55 bits per heavy atom. The van der Waals surface area contributed by atoms with Crippen LogP contribution in [-0.2, 0) is 10.5 Å². The fraction of sp³-hybridized carbons (Fsp3) is 0.400. The normalized spacial score (nSPS) is 22.4. The van der Waals surface area contributed by atoms with Crippen LogP contribution in [0.4, 0.5) is 8.78 Å². The van der Waals surface area contributed by atoms with E-state index in [1.807, 2.05) is 90.7 Å². The Balaban J connectivity index is 2.05. The monoisotopic (exact) mass is 549 g/mol. The molecular weight excluding hydrogens is 512 g/mol. The molecule has 2 aromatic rings. The van der Waals surface area contributed by atoms with E-state index in [0.29, 0.717) is 0 Å². The molecule has 0 bridgehead atoms. The minimum absolute atomic E-state index is 0.0182. The van der Waals surface area contributed by atoms with Crippen LogP contribution in [0, 0.1) is 5.82 Å². The van der Waals surface area contributed by atoms with Crippen LogP contribution >= 0.6 is 11.6 Å². The highest BCUT2D eigenvalue weighted by Crippen LogP contribution is 2.63. The van der Waals surface area contributed by atoms with Crippen molar-refractivity contribution in [1.29, 1.82) is 0 Å². The number of pyridine rings is 1. The van der Waals surface area contributed by atoms with E-state index in [2.05, 4.69) is 34.9 Å². The van der Waals surface area contributed by atoms with Gasteiger partial charge in [0.25, 0.3) is 5.91 Å². The molecule has 1 aromatic heterocycles. The van der Waals surface area contributed by atoms with Crippen molar-refractivity contribution in [3.05, 3.63) is 64.2 Å². The zero-order valence-corrected chi connectivity index (χ0v) is 27.4. The summed E-state index contributed by atoms with van der Waals surface area (Å²) in [7, 11) is 25.7. The molecule has 20 heteroatoms. The molecule has 1 N–H and O–H groups in total. The van der Waals surface area contributed by atoms with E-state index in [-0.39, 0.29) is 28.2 Å². The third-order valence-corrected chi connectivity index (χ3v) is 10.0. The quantitative estimate of drug-likeness (QED) is 0.366. The molecule has 1 aliphatic heterocycles. The van der Waals surface area contributed by atoms with Crippen molar-refractivity contribution in [2.24, 2.45) is 0 Å². The molecule has 1 unspecified atom stereocenters. The summed E-state index contributed by atoms with van der Waals surface area (Å²) in [5, 5.41) is -1.08. The van der Waals surface area contributed by atoms with Gasteiger partial charge in [0.1, 0.15) is 84.3 Å². The topological polar surface area (TPSA) is 45.2 Å². The van der Waals surface area contributed by atoms with Crippen LogP contribution in [-0.4, -0.2) is 141 Å². The first kappa shape index (κ1) is 33.3. The van der Waals surface area contributed by atoms with Crippen molar-refractivity contribution < 1.29 is 13.6 Å². The van der Waals surface area contributed by atoms with Crippen LogP contribution in [0.1, 0.15) is 21.6 Å². The van der Waals surface area contributed by atoms with Gasteiger partial charge in [-0.05, 0) is 56.3 Å². The number of benzene rings is 1. The lowest BCUT2D eigenvalue weighted by atomic mass is 9.17. The first-order valence-corrected chi connectivity index (χ1v) is 14.4. The number of piperidine rings is 1. The molecule has 196 valence electrons. The molecule has 1 amide bonds. The van der Waals surface area contributed by atoms with Gasteiger partial charge in [-0.15, -0.1) is 0 Å². The first-order valence-electron chi connectivity index (χ1n) is 14.1. The number of amides is 1. The third kappa shape index (κ3) is 5.25. The van der Waals surface area contributed by atoms with Crippen LogP contribution in [0.3, 0.4) is 0 Å². The van der Waals surface area contributed by atoms with Gasteiger partial charge in [0, 0.05) is 24.0 Å². The van der Waals surface area contributed by atoms with Crippen molar-refractivity contribution in [3.63, 3.8) is 0 Å². The number of hydrogen-bond acceptors (Lipinski definition) is 3. The summed E-state index contributed by atoms with van der Waals surface area (Å²) in [4.78, 5) is 20.3. The van der Waals surface area contributed by atoms with Crippen LogP contribution < -0.4 is 5.32 Å². The Labute approximate surface area is 255 Å². The number of halogens is 3.